The number of carbonyl (C=O) groups is 1. The van der Waals surface area contributed by atoms with E-state index in [1.165, 1.54) is 0 Å². The van der Waals surface area contributed by atoms with Crippen LogP contribution in [0.25, 0.3) is 0 Å². The number of fused-ring (bicyclic) bond motifs is 1. The molecule has 0 saturated heterocycles. The highest BCUT2D eigenvalue weighted by molar-refractivity contribution is 6.06. The standard InChI is InChI=1S/C17H18N2O2/c20-15-7-1-4-12-5-2-11-19(16(12)15)17(21)14-6-3-10-18(14)13-8-9-13/h1,3-4,6-7,10,13,20H,2,5,8-9,11H2. The molecule has 4 heteroatoms. The number of nitrogens with zero attached hydrogens (tertiary/aromatic N) is 2. The molecule has 2 aromatic rings. The van der Waals surface area contributed by atoms with Crippen molar-refractivity contribution < 1.29 is 9.90 Å². The van der Waals surface area contributed by atoms with E-state index >= 15 is 0 Å². The molecular weight excluding hydrogens is 264 g/mol. The molecule has 1 aliphatic heterocycles. The van der Waals surface area contributed by atoms with E-state index in [1.54, 1.807) is 11.0 Å². The number of aryl methyl sites for hydroxylation is 1. The molecule has 1 aliphatic carbocycles. The summed E-state index contributed by atoms with van der Waals surface area (Å²) in [6.07, 6.45) is 6.14. The van der Waals surface area contributed by atoms with Gasteiger partial charge in [0.1, 0.15) is 11.4 Å². The molecule has 21 heavy (non-hydrogen) atoms. The van der Waals surface area contributed by atoms with Crippen LogP contribution < -0.4 is 4.90 Å². The molecular formula is C17H18N2O2. The van der Waals surface area contributed by atoms with Crippen LogP contribution in [0.4, 0.5) is 5.69 Å². The Morgan fingerprint density at radius 1 is 1.19 bits per heavy atom. The Morgan fingerprint density at radius 3 is 2.86 bits per heavy atom. The molecule has 0 bridgehead atoms. The van der Waals surface area contributed by atoms with Crippen molar-refractivity contribution in [1.29, 1.82) is 0 Å². The Morgan fingerprint density at radius 2 is 2.05 bits per heavy atom. The smallest absolute Gasteiger partial charge is 0.275 e. The molecule has 0 radical (unpaired) electrons. The van der Waals surface area contributed by atoms with Crippen molar-refractivity contribution in [3.63, 3.8) is 0 Å². The van der Waals surface area contributed by atoms with Crippen LogP contribution in [-0.2, 0) is 6.42 Å². The Hall–Kier alpha value is -2.23. The van der Waals surface area contributed by atoms with Crippen molar-refractivity contribution in [1.82, 2.24) is 4.57 Å². The van der Waals surface area contributed by atoms with E-state index in [4.69, 9.17) is 0 Å². The molecule has 1 N–H and O–H groups in total. The van der Waals surface area contributed by atoms with Crippen molar-refractivity contribution in [3.8, 4) is 5.75 Å². The summed E-state index contributed by atoms with van der Waals surface area (Å²) in [5.74, 6) is 0.194. The van der Waals surface area contributed by atoms with Gasteiger partial charge in [0.2, 0.25) is 0 Å². The average Bonchev–Trinajstić information content (AvgIpc) is 3.23. The van der Waals surface area contributed by atoms with Gasteiger partial charge in [-0.1, -0.05) is 12.1 Å². The van der Waals surface area contributed by atoms with Crippen LogP contribution in [-0.4, -0.2) is 22.1 Å². The van der Waals surface area contributed by atoms with Crippen LogP contribution in [0.1, 0.15) is 41.4 Å². The number of rotatable bonds is 2. The van der Waals surface area contributed by atoms with E-state index in [0.717, 1.165) is 36.9 Å². The first-order valence-corrected chi connectivity index (χ1v) is 7.55. The molecule has 2 aliphatic rings. The number of aromatic hydroxyl groups is 1. The number of carbonyl (C=O) groups excluding carboxylic acids is 1. The lowest BCUT2D eigenvalue weighted by atomic mass is 10.0. The molecule has 1 fully saturated rings. The molecule has 0 atom stereocenters. The highest BCUT2D eigenvalue weighted by atomic mass is 16.3. The third-order valence-corrected chi connectivity index (χ3v) is 4.38. The fraction of sp³-hybridized carbons (Fsp3) is 0.353. The zero-order valence-corrected chi connectivity index (χ0v) is 11.8. The predicted octanol–water partition coefficient (Wildman–Crippen LogP) is 3.12. The maximum absolute atomic E-state index is 12.9. The molecule has 1 amide bonds. The second-order valence-corrected chi connectivity index (χ2v) is 5.88. The van der Waals surface area contributed by atoms with E-state index in [2.05, 4.69) is 4.57 Å². The van der Waals surface area contributed by atoms with Crippen LogP contribution in [0, 0.1) is 0 Å². The number of hydrogen-bond acceptors (Lipinski definition) is 2. The lowest BCUT2D eigenvalue weighted by molar-refractivity contribution is 0.0975. The summed E-state index contributed by atoms with van der Waals surface area (Å²) in [4.78, 5) is 14.7. The van der Waals surface area contributed by atoms with Gasteiger partial charge < -0.3 is 14.6 Å². The predicted molar refractivity (Wildman–Crippen MR) is 80.8 cm³/mol. The van der Waals surface area contributed by atoms with Crippen LogP contribution >= 0.6 is 0 Å². The van der Waals surface area contributed by atoms with Crippen molar-refractivity contribution in [3.05, 3.63) is 47.8 Å². The zero-order valence-electron chi connectivity index (χ0n) is 11.8. The average molecular weight is 282 g/mol. The van der Waals surface area contributed by atoms with Gasteiger partial charge in [-0.05, 0) is 49.4 Å². The summed E-state index contributed by atoms with van der Waals surface area (Å²) < 4.78 is 2.08. The second kappa shape index (κ2) is 4.65. The van der Waals surface area contributed by atoms with E-state index in [1.807, 2.05) is 30.5 Å². The van der Waals surface area contributed by atoms with Gasteiger partial charge in [0, 0.05) is 18.8 Å². The van der Waals surface area contributed by atoms with Crippen molar-refractivity contribution >= 4 is 11.6 Å². The fourth-order valence-corrected chi connectivity index (χ4v) is 3.22. The maximum Gasteiger partial charge on any atom is 0.275 e. The van der Waals surface area contributed by atoms with E-state index in [-0.39, 0.29) is 11.7 Å². The first-order valence-electron chi connectivity index (χ1n) is 7.55. The summed E-state index contributed by atoms with van der Waals surface area (Å²) in [6.45, 7) is 0.666. The Labute approximate surface area is 123 Å². The molecule has 1 aromatic heterocycles. The summed E-state index contributed by atoms with van der Waals surface area (Å²) in [5.41, 5.74) is 2.48. The quantitative estimate of drug-likeness (QED) is 0.919. The van der Waals surface area contributed by atoms with Crippen molar-refractivity contribution in [2.75, 3.05) is 11.4 Å². The minimum atomic E-state index is -0.00523. The Kier molecular flexibility index (Phi) is 2.77. The van der Waals surface area contributed by atoms with Gasteiger partial charge >= 0.3 is 0 Å². The third-order valence-electron chi connectivity index (χ3n) is 4.38. The number of benzene rings is 1. The minimum Gasteiger partial charge on any atom is -0.506 e. The normalized spacial score (nSPS) is 17.6. The lowest BCUT2D eigenvalue weighted by Gasteiger charge is -2.30. The van der Waals surface area contributed by atoms with Gasteiger partial charge in [-0.25, -0.2) is 0 Å². The van der Waals surface area contributed by atoms with Gasteiger partial charge in [0.15, 0.2) is 0 Å². The first kappa shape index (κ1) is 12.5. The number of amides is 1. The summed E-state index contributed by atoms with van der Waals surface area (Å²) in [7, 11) is 0. The van der Waals surface area contributed by atoms with Gasteiger partial charge in [-0.2, -0.15) is 0 Å². The van der Waals surface area contributed by atoms with E-state index in [0.29, 0.717) is 18.3 Å². The molecule has 0 spiro atoms. The first-order chi connectivity index (χ1) is 10.3. The second-order valence-electron chi connectivity index (χ2n) is 5.88. The fourth-order valence-electron chi connectivity index (χ4n) is 3.22. The molecule has 1 saturated carbocycles. The Bertz CT molecular complexity index is 701. The van der Waals surface area contributed by atoms with Crippen LogP contribution in [0.2, 0.25) is 0 Å². The number of phenols is 1. The number of para-hydroxylation sites is 1. The van der Waals surface area contributed by atoms with Crippen LogP contribution in [0.3, 0.4) is 0 Å². The van der Waals surface area contributed by atoms with Crippen molar-refractivity contribution in [2.24, 2.45) is 0 Å². The number of hydrogen-bond donors (Lipinski definition) is 1. The highest BCUT2D eigenvalue weighted by Gasteiger charge is 2.31. The third kappa shape index (κ3) is 2.02. The van der Waals surface area contributed by atoms with Crippen molar-refractivity contribution in [2.45, 2.75) is 31.7 Å². The zero-order chi connectivity index (χ0) is 14.4. The minimum absolute atomic E-state index is 0.00523. The topological polar surface area (TPSA) is 45.5 Å². The molecule has 108 valence electrons. The summed E-state index contributed by atoms with van der Waals surface area (Å²) in [5, 5.41) is 10.2. The summed E-state index contributed by atoms with van der Waals surface area (Å²) >= 11 is 0. The van der Waals surface area contributed by atoms with Gasteiger partial charge in [0.25, 0.3) is 5.91 Å². The Balaban J connectivity index is 1.74. The molecule has 4 nitrogen and oxygen atoms in total. The van der Waals surface area contributed by atoms with Gasteiger partial charge in [-0.3, -0.25) is 4.79 Å². The lowest BCUT2D eigenvalue weighted by Crippen LogP contribution is -2.36. The molecule has 0 unspecified atom stereocenters. The van der Waals surface area contributed by atoms with Crippen LogP contribution in [0.5, 0.6) is 5.75 Å². The molecule has 1 aromatic carbocycles. The van der Waals surface area contributed by atoms with E-state index < -0.39 is 0 Å². The van der Waals surface area contributed by atoms with Gasteiger partial charge in [0.05, 0.1) is 5.69 Å². The highest BCUT2D eigenvalue weighted by Crippen LogP contribution is 2.39. The number of phenolic OH excluding ortho intramolecular Hbond substituents is 1. The largest absolute Gasteiger partial charge is 0.506 e. The monoisotopic (exact) mass is 282 g/mol. The van der Waals surface area contributed by atoms with Crippen LogP contribution in [0.15, 0.2) is 36.5 Å². The number of aromatic nitrogens is 1. The van der Waals surface area contributed by atoms with E-state index in [9.17, 15) is 9.90 Å². The number of anilines is 1. The SMILES string of the molecule is O=C(c1cccn1C1CC1)N1CCCc2cccc(O)c21. The molecule has 4 rings (SSSR count). The van der Waals surface area contributed by atoms with Gasteiger partial charge in [-0.15, -0.1) is 0 Å². The molecule has 2 heterocycles. The maximum atomic E-state index is 12.9. The summed E-state index contributed by atoms with van der Waals surface area (Å²) in [6, 6.07) is 9.79.